The third kappa shape index (κ3) is 4.21. The predicted octanol–water partition coefficient (Wildman–Crippen LogP) is 2.93. The number of aromatic nitrogens is 2. The first-order valence-electron chi connectivity index (χ1n) is 6.30. The average molecular weight is 236 g/mol. The molecule has 0 saturated carbocycles. The van der Waals surface area contributed by atoms with Gasteiger partial charge in [-0.3, -0.25) is 0 Å². The summed E-state index contributed by atoms with van der Waals surface area (Å²) in [6.07, 6.45) is 1.99. The van der Waals surface area contributed by atoms with Crippen molar-refractivity contribution in [2.75, 3.05) is 24.2 Å². The first-order valence-corrected chi connectivity index (χ1v) is 6.30. The third-order valence-corrected chi connectivity index (χ3v) is 3.05. The molecule has 2 N–H and O–H groups in total. The maximum atomic E-state index is 4.47. The molecule has 0 atom stereocenters. The molecule has 96 valence electrons. The molecular formula is C13H24N4. The molecule has 0 aliphatic rings. The quantitative estimate of drug-likeness (QED) is 0.797. The number of nitrogens with one attached hydrogen (secondary N) is 2. The van der Waals surface area contributed by atoms with Gasteiger partial charge in [-0.15, -0.1) is 0 Å². The van der Waals surface area contributed by atoms with E-state index >= 15 is 0 Å². The van der Waals surface area contributed by atoms with Gasteiger partial charge in [0.05, 0.1) is 0 Å². The Morgan fingerprint density at radius 1 is 1.18 bits per heavy atom. The van der Waals surface area contributed by atoms with Crippen molar-refractivity contribution in [1.29, 1.82) is 0 Å². The minimum absolute atomic E-state index is 0.289. The Bertz CT molecular complexity index is 338. The molecule has 4 heteroatoms. The Morgan fingerprint density at radius 2 is 1.82 bits per heavy atom. The van der Waals surface area contributed by atoms with E-state index in [0.717, 1.165) is 36.8 Å². The lowest BCUT2D eigenvalue weighted by Crippen LogP contribution is -2.22. The molecule has 0 amide bonds. The third-order valence-electron chi connectivity index (χ3n) is 3.05. The first kappa shape index (κ1) is 13.7. The zero-order valence-electron chi connectivity index (χ0n) is 11.6. The van der Waals surface area contributed by atoms with Crippen LogP contribution in [0.3, 0.4) is 0 Å². The van der Waals surface area contributed by atoms with Gasteiger partial charge >= 0.3 is 0 Å². The minimum atomic E-state index is 0.289. The van der Waals surface area contributed by atoms with Crippen LogP contribution in [0.1, 0.15) is 39.9 Å². The van der Waals surface area contributed by atoms with Gasteiger partial charge in [-0.25, -0.2) is 9.97 Å². The van der Waals surface area contributed by atoms with Crippen molar-refractivity contribution in [3.63, 3.8) is 0 Å². The molecule has 0 unspecified atom stereocenters. The van der Waals surface area contributed by atoms with Crippen molar-refractivity contribution in [1.82, 2.24) is 9.97 Å². The van der Waals surface area contributed by atoms with Gasteiger partial charge in [0.15, 0.2) is 0 Å². The summed E-state index contributed by atoms with van der Waals surface area (Å²) in [6, 6.07) is 1.95. The summed E-state index contributed by atoms with van der Waals surface area (Å²) in [6.45, 7) is 9.70. The molecule has 1 heterocycles. The molecule has 0 radical (unpaired) electrons. The van der Waals surface area contributed by atoms with Gasteiger partial charge in [0.2, 0.25) is 0 Å². The number of rotatable bonds is 6. The van der Waals surface area contributed by atoms with Crippen molar-refractivity contribution < 1.29 is 0 Å². The summed E-state index contributed by atoms with van der Waals surface area (Å²) in [5.74, 6) is 2.64. The van der Waals surface area contributed by atoms with E-state index in [-0.39, 0.29) is 5.41 Å². The Kier molecular flexibility index (Phi) is 4.73. The Labute approximate surface area is 104 Å². The fourth-order valence-electron chi connectivity index (χ4n) is 1.33. The fraction of sp³-hybridized carbons (Fsp3) is 0.692. The van der Waals surface area contributed by atoms with Gasteiger partial charge in [-0.2, -0.15) is 0 Å². The maximum absolute atomic E-state index is 4.47. The Morgan fingerprint density at radius 3 is 2.35 bits per heavy atom. The molecule has 0 spiro atoms. The van der Waals surface area contributed by atoms with Crippen LogP contribution in [-0.2, 0) is 6.42 Å². The van der Waals surface area contributed by atoms with E-state index in [1.807, 2.05) is 13.1 Å². The normalized spacial score (nSPS) is 11.4. The molecule has 0 bridgehead atoms. The molecule has 4 nitrogen and oxygen atoms in total. The SMILES string of the molecule is CCc1nc(NC)cc(NCC(C)(C)CC)n1. The molecule has 0 saturated heterocycles. The summed E-state index contributed by atoms with van der Waals surface area (Å²) < 4.78 is 0. The molecule has 1 aromatic heterocycles. The van der Waals surface area contributed by atoms with Crippen LogP contribution in [0, 0.1) is 5.41 Å². The van der Waals surface area contributed by atoms with E-state index in [4.69, 9.17) is 0 Å². The molecule has 0 aliphatic carbocycles. The van der Waals surface area contributed by atoms with Crippen LogP contribution >= 0.6 is 0 Å². The highest BCUT2D eigenvalue weighted by atomic mass is 15.1. The molecular weight excluding hydrogens is 212 g/mol. The van der Waals surface area contributed by atoms with Gasteiger partial charge < -0.3 is 10.6 Å². The zero-order valence-corrected chi connectivity index (χ0v) is 11.6. The minimum Gasteiger partial charge on any atom is -0.373 e. The summed E-state index contributed by atoms with van der Waals surface area (Å²) >= 11 is 0. The maximum Gasteiger partial charge on any atom is 0.132 e. The van der Waals surface area contributed by atoms with Gasteiger partial charge in [0.1, 0.15) is 17.5 Å². The summed E-state index contributed by atoms with van der Waals surface area (Å²) in [7, 11) is 1.88. The Hall–Kier alpha value is -1.32. The number of nitrogens with zero attached hydrogens (tertiary/aromatic N) is 2. The largest absolute Gasteiger partial charge is 0.373 e. The molecule has 0 fully saturated rings. The number of aryl methyl sites for hydroxylation is 1. The molecule has 1 rings (SSSR count). The summed E-state index contributed by atoms with van der Waals surface area (Å²) in [5, 5.41) is 6.46. The van der Waals surface area contributed by atoms with Gasteiger partial charge in [0, 0.05) is 26.1 Å². The van der Waals surface area contributed by atoms with Gasteiger partial charge in [0.25, 0.3) is 0 Å². The monoisotopic (exact) mass is 236 g/mol. The lowest BCUT2D eigenvalue weighted by Gasteiger charge is -2.23. The van der Waals surface area contributed by atoms with E-state index in [2.05, 4.69) is 48.3 Å². The van der Waals surface area contributed by atoms with Crippen molar-refractivity contribution in [2.24, 2.45) is 5.41 Å². The second-order valence-electron chi connectivity index (χ2n) is 5.03. The van der Waals surface area contributed by atoms with Crippen LogP contribution in [0.25, 0.3) is 0 Å². The van der Waals surface area contributed by atoms with Crippen LogP contribution < -0.4 is 10.6 Å². The van der Waals surface area contributed by atoms with E-state index in [1.54, 1.807) is 0 Å². The predicted molar refractivity (Wildman–Crippen MR) is 73.5 cm³/mol. The first-order chi connectivity index (χ1) is 8.00. The van der Waals surface area contributed by atoms with Crippen LogP contribution in [0.15, 0.2) is 6.07 Å². The van der Waals surface area contributed by atoms with E-state index in [9.17, 15) is 0 Å². The molecule has 0 aliphatic heterocycles. The van der Waals surface area contributed by atoms with Crippen molar-refractivity contribution in [2.45, 2.75) is 40.5 Å². The fourth-order valence-corrected chi connectivity index (χ4v) is 1.33. The van der Waals surface area contributed by atoms with Crippen LogP contribution in [0.5, 0.6) is 0 Å². The van der Waals surface area contributed by atoms with Crippen molar-refractivity contribution in [3.8, 4) is 0 Å². The number of hydrogen-bond acceptors (Lipinski definition) is 4. The molecule has 17 heavy (non-hydrogen) atoms. The topological polar surface area (TPSA) is 49.8 Å². The summed E-state index contributed by atoms with van der Waals surface area (Å²) in [5.41, 5.74) is 0.289. The van der Waals surface area contributed by atoms with Gasteiger partial charge in [-0.05, 0) is 11.8 Å². The standard InChI is InChI=1S/C13H24N4/c1-6-10-16-11(14-5)8-12(17-10)15-9-13(3,4)7-2/h8H,6-7,9H2,1-5H3,(H2,14,15,16,17). The van der Waals surface area contributed by atoms with Crippen LogP contribution in [-0.4, -0.2) is 23.6 Å². The van der Waals surface area contributed by atoms with Crippen molar-refractivity contribution >= 4 is 11.6 Å². The highest BCUT2D eigenvalue weighted by Gasteiger charge is 2.15. The van der Waals surface area contributed by atoms with Crippen LogP contribution in [0.2, 0.25) is 0 Å². The smallest absolute Gasteiger partial charge is 0.132 e. The lowest BCUT2D eigenvalue weighted by molar-refractivity contribution is 0.376. The van der Waals surface area contributed by atoms with Crippen molar-refractivity contribution in [3.05, 3.63) is 11.9 Å². The average Bonchev–Trinajstić information content (AvgIpc) is 2.36. The van der Waals surface area contributed by atoms with Gasteiger partial charge in [-0.1, -0.05) is 27.7 Å². The van der Waals surface area contributed by atoms with E-state index < -0.39 is 0 Å². The highest BCUT2D eigenvalue weighted by Crippen LogP contribution is 2.20. The molecule has 0 aromatic carbocycles. The lowest BCUT2D eigenvalue weighted by atomic mass is 9.90. The van der Waals surface area contributed by atoms with E-state index in [0.29, 0.717) is 0 Å². The second-order valence-corrected chi connectivity index (χ2v) is 5.03. The second kappa shape index (κ2) is 5.84. The zero-order chi connectivity index (χ0) is 12.9. The Balaban J connectivity index is 2.76. The highest BCUT2D eigenvalue weighted by molar-refractivity contribution is 5.47. The van der Waals surface area contributed by atoms with Crippen LogP contribution in [0.4, 0.5) is 11.6 Å². The number of anilines is 2. The van der Waals surface area contributed by atoms with E-state index in [1.165, 1.54) is 0 Å². The number of hydrogen-bond donors (Lipinski definition) is 2. The molecule has 1 aromatic rings. The summed E-state index contributed by atoms with van der Waals surface area (Å²) in [4.78, 5) is 8.85.